The van der Waals surface area contributed by atoms with Crippen molar-refractivity contribution >= 4 is 22.8 Å². The van der Waals surface area contributed by atoms with E-state index in [0.29, 0.717) is 36.4 Å². The minimum Gasteiger partial charge on any atom is -0.507 e. The number of aromatic hydroxyl groups is 1. The van der Waals surface area contributed by atoms with Crippen LogP contribution in [0, 0.1) is 10.1 Å². The molecule has 0 saturated carbocycles. The van der Waals surface area contributed by atoms with Crippen LogP contribution in [0.25, 0.3) is 22.3 Å². The second-order valence-corrected chi connectivity index (χ2v) is 7.38. The van der Waals surface area contributed by atoms with Crippen LogP contribution in [-0.4, -0.2) is 42.7 Å². The van der Waals surface area contributed by atoms with Crippen LogP contribution in [0.1, 0.15) is 11.3 Å². The maximum Gasteiger partial charge on any atom is 0.415 e. The Morgan fingerprint density at radius 3 is 2.69 bits per heavy atom. The van der Waals surface area contributed by atoms with Crippen LogP contribution in [0.3, 0.4) is 0 Å². The van der Waals surface area contributed by atoms with E-state index in [2.05, 4.69) is 15.2 Å². The van der Waals surface area contributed by atoms with Gasteiger partial charge in [0.25, 0.3) is 5.69 Å². The summed E-state index contributed by atoms with van der Waals surface area (Å²) in [5.41, 5.74) is 3.53. The highest BCUT2D eigenvalue weighted by molar-refractivity contribution is 5.86. The number of phenols is 1. The molecule has 1 aliphatic heterocycles. The predicted octanol–water partition coefficient (Wildman–Crippen LogP) is 3.80. The van der Waals surface area contributed by atoms with Gasteiger partial charge >= 0.3 is 6.09 Å². The molecule has 4 aromatic rings. The van der Waals surface area contributed by atoms with Gasteiger partial charge in [0.15, 0.2) is 5.65 Å². The summed E-state index contributed by atoms with van der Waals surface area (Å²) in [5, 5.41) is 30.2. The number of carbonyl (C=O) groups excluding carboxylic acids is 1. The third-order valence-electron chi connectivity index (χ3n) is 5.42. The van der Waals surface area contributed by atoms with Gasteiger partial charge in [-0.1, -0.05) is 12.1 Å². The lowest BCUT2D eigenvalue weighted by molar-refractivity contribution is -0.384. The van der Waals surface area contributed by atoms with Gasteiger partial charge in [-0.2, -0.15) is 0 Å². The standard InChI is InChI=1S/C22H17N5O5/c28-20-4-2-1-3-15(20)19-11-16-17-12-26(10-9-18(17)23-21(16)25-24-19)22(29)32-14-7-5-13(6-8-14)27(30)31/h1-8,11,28H,9-10,12H2,(H,23,25). The number of H-pyrrole nitrogens is 1. The van der Waals surface area contributed by atoms with Crippen molar-refractivity contribution in [3.63, 3.8) is 0 Å². The van der Waals surface area contributed by atoms with Gasteiger partial charge in [-0.05, 0) is 30.3 Å². The molecule has 0 saturated heterocycles. The molecule has 0 fully saturated rings. The number of aromatic amines is 1. The number of carbonyl (C=O) groups is 1. The number of hydrogen-bond donors (Lipinski definition) is 2. The number of hydrogen-bond acceptors (Lipinski definition) is 7. The van der Waals surface area contributed by atoms with Crippen molar-refractivity contribution in [3.05, 3.63) is 76.0 Å². The molecule has 3 heterocycles. The van der Waals surface area contributed by atoms with E-state index in [1.165, 1.54) is 24.3 Å². The number of nitro benzene ring substituents is 1. The maximum absolute atomic E-state index is 12.7. The number of amides is 1. The molecule has 10 heteroatoms. The van der Waals surface area contributed by atoms with Crippen molar-refractivity contribution in [2.24, 2.45) is 0 Å². The summed E-state index contributed by atoms with van der Waals surface area (Å²) in [4.78, 5) is 27.8. The van der Waals surface area contributed by atoms with E-state index in [0.717, 1.165) is 16.6 Å². The van der Waals surface area contributed by atoms with Gasteiger partial charge in [0.2, 0.25) is 0 Å². The lowest BCUT2D eigenvalue weighted by Crippen LogP contribution is -2.37. The molecule has 2 aromatic heterocycles. The molecule has 2 aromatic carbocycles. The lowest BCUT2D eigenvalue weighted by atomic mass is 10.0. The van der Waals surface area contributed by atoms with E-state index in [9.17, 15) is 20.0 Å². The number of rotatable bonds is 3. The largest absolute Gasteiger partial charge is 0.507 e. The molecule has 1 aliphatic rings. The van der Waals surface area contributed by atoms with Crippen LogP contribution in [0.5, 0.6) is 11.5 Å². The van der Waals surface area contributed by atoms with E-state index < -0.39 is 11.0 Å². The monoisotopic (exact) mass is 431 g/mol. The van der Waals surface area contributed by atoms with Gasteiger partial charge in [0.1, 0.15) is 11.5 Å². The topological polar surface area (TPSA) is 134 Å². The molecule has 2 N–H and O–H groups in total. The summed E-state index contributed by atoms with van der Waals surface area (Å²) in [6, 6.07) is 14.1. The van der Waals surface area contributed by atoms with E-state index in [1.54, 1.807) is 23.1 Å². The van der Waals surface area contributed by atoms with Crippen LogP contribution in [0.4, 0.5) is 10.5 Å². The Morgan fingerprint density at radius 2 is 1.94 bits per heavy atom. The normalized spacial score (nSPS) is 13.1. The smallest absolute Gasteiger partial charge is 0.415 e. The Labute approximate surface area is 181 Å². The Balaban J connectivity index is 1.40. The van der Waals surface area contributed by atoms with Crippen LogP contribution < -0.4 is 4.74 Å². The van der Waals surface area contributed by atoms with E-state index in [4.69, 9.17) is 4.74 Å². The van der Waals surface area contributed by atoms with Crippen molar-refractivity contribution < 1.29 is 19.6 Å². The van der Waals surface area contributed by atoms with Gasteiger partial charge in [0, 0.05) is 47.3 Å². The van der Waals surface area contributed by atoms with E-state index in [-0.39, 0.29) is 17.2 Å². The molecule has 5 rings (SSSR count). The molecule has 10 nitrogen and oxygen atoms in total. The molecule has 0 unspecified atom stereocenters. The summed E-state index contributed by atoms with van der Waals surface area (Å²) in [6.45, 7) is 0.762. The number of nitrogens with zero attached hydrogens (tertiary/aromatic N) is 4. The van der Waals surface area contributed by atoms with E-state index >= 15 is 0 Å². The van der Waals surface area contributed by atoms with Crippen LogP contribution in [-0.2, 0) is 13.0 Å². The highest BCUT2D eigenvalue weighted by atomic mass is 16.6. The Hall–Kier alpha value is -4.47. The average Bonchev–Trinajstić information content (AvgIpc) is 3.17. The Bertz CT molecular complexity index is 1350. The molecular weight excluding hydrogens is 414 g/mol. The molecule has 1 amide bonds. The summed E-state index contributed by atoms with van der Waals surface area (Å²) < 4.78 is 5.39. The lowest BCUT2D eigenvalue weighted by Gasteiger charge is -2.26. The zero-order valence-electron chi connectivity index (χ0n) is 16.7. The molecule has 0 aliphatic carbocycles. The van der Waals surface area contributed by atoms with Crippen molar-refractivity contribution in [3.8, 4) is 22.8 Å². The molecule has 0 radical (unpaired) electrons. The summed E-state index contributed by atoms with van der Waals surface area (Å²) in [5.74, 6) is 0.344. The number of non-ortho nitro benzene ring substituents is 1. The van der Waals surface area contributed by atoms with Gasteiger partial charge in [-0.25, -0.2) is 4.79 Å². The fourth-order valence-corrected chi connectivity index (χ4v) is 3.78. The number of fused-ring (bicyclic) bond motifs is 3. The van der Waals surface area contributed by atoms with Crippen LogP contribution in [0.2, 0.25) is 0 Å². The number of phenolic OH excluding ortho intramolecular Hbond substituents is 1. The Kier molecular flexibility index (Phi) is 4.66. The molecule has 160 valence electrons. The van der Waals surface area contributed by atoms with Gasteiger partial charge in [-0.15, -0.1) is 10.2 Å². The first-order valence-electron chi connectivity index (χ1n) is 9.86. The average molecular weight is 431 g/mol. The number of nitrogens with one attached hydrogen (secondary N) is 1. The third kappa shape index (κ3) is 3.47. The van der Waals surface area contributed by atoms with Gasteiger partial charge < -0.3 is 19.7 Å². The van der Waals surface area contributed by atoms with Crippen molar-refractivity contribution in [1.29, 1.82) is 0 Å². The van der Waals surface area contributed by atoms with Crippen LogP contribution >= 0.6 is 0 Å². The molecular formula is C22H17N5O5. The van der Waals surface area contributed by atoms with E-state index in [1.807, 2.05) is 12.1 Å². The van der Waals surface area contributed by atoms with Gasteiger partial charge in [0.05, 0.1) is 17.2 Å². The summed E-state index contributed by atoms with van der Waals surface area (Å²) in [7, 11) is 0. The van der Waals surface area contributed by atoms with Gasteiger partial charge in [-0.3, -0.25) is 10.1 Å². The van der Waals surface area contributed by atoms with Crippen molar-refractivity contribution in [2.75, 3.05) is 6.54 Å². The first kappa shape index (κ1) is 19.5. The third-order valence-corrected chi connectivity index (χ3v) is 5.42. The first-order chi connectivity index (χ1) is 15.5. The number of para-hydroxylation sites is 1. The minimum absolute atomic E-state index is 0.0763. The highest BCUT2D eigenvalue weighted by Crippen LogP contribution is 2.32. The number of ether oxygens (including phenoxy) is 1. The fraction of sp³-hybridized carbons (Fsp3) is 0.136. The molecule has 0 bridgehead atoms. The zero-order chi connectivity index (χ0) is 22.2. The zero-order valence-corrected chi connectivity index (χ0v) is 16.7. The fourth-order valence-electron chi connectivity index (χ4n) is 3.78. The number of aromatic nitrogens is 3. The molecule has 32 heavy (non-hydrogen) atoms. The Morgan fingerprint density at radius 1 is 1.16 bits per heavy atom. The quantitative estimate of drug-likeness (QED) is 0.372. The number of nitro groups is 1. The van der Waals surface area contributed by atoms with Crippen molar-refractivity contribution in [2.45, 2.75) is 13.0 Å². The summed E-state index contributed by atoms with van der Waals surface area (Å²) >= 11 is 0. The SMILES string of the molecule is O=C(Oc1ccc([N+](=O)[O-])cc1)N1CCc2[nH]c3nnc(-c4ccccc4O)cc3c2C1. The first-order valence-corrected chi connectivity index (χ1v) is 9.86. The van der Waals surface area contributed by atoms with Crippen molar-refractivity contribution in [1.82, 2.24) is 20.1 Å². The highest BCUT2D eigenvalue weighted by Gasteiger charge is 2.26. The second kappa shape index (κ2) is 7.65. The summed E-state index contributed by atoms with van der Waals surface area (Å²) in [6.07, 6.45) is 0.0502. The minimum atomic E-state index is -0.540. The predicted molar refractivity (Wildman–Crippen MR) is 114 cm³/mol. The second-order valence-electron chi connectivity index (χ2n) is 7.38. The molecule has 0 atom stereocenters. The van der Waals surface area contributed by atoms with Crippen LogP contribution in [0.15, 0.2) is 54.6 Å². The number of benzene rings is 2. The maximum atomic E-state index is 12.7. The molecule has 0 spiro atoms.